The van der Waals surface area contributed by atoms with Crippen LogP contribution in [0.2, 0.25) is 0 Å². The predicted molar refractivity (Wildman–Crippen MR) is 77.2 cm³/mol. The van der Waals surface area contributed by atoms with Crippen molar-refractivity contribution in [3.8, 4) is 11.1 Å². The Morgan fingerprint density at radius 2 is 1.94 bits per heavy atom. The first-order chi connectivity index (χ1) is 8.38. The van der Waals surface area contributed by atoms with E-state index in [0.29, 0.717) is 5.88 Å². The molecule has 0 fully saturated rings. The van der Waals surface area contributed by atoms with Crippen molar-refractivity contribution >= 4 is 21.8 Å². The monoisotopic (exact) mass is 308 g/mol. The summed E-state index contributed by atoms with van der Waals surface area (Å²) in [6.45, 7) is 6.51. The van der Waals surface area contributed by atoms with Crippen molar-refractivity contribution in [1.82, 2.24) is 5.16 Å². The minimum atomic E-state index is 0.138. The molecule has 2 N–H and O–H groups in total. The van der Waals surface area contributed by atoms with Gasteiger partial charge in [-0.3, -0.25) is 0 Å². The van der Waals surface area contributed by atoms with Gasteiger partial charge in [-0.2, -0.15) is 0 Å². The van der Waals surface area contributed by atoms with E-state index in [1.807, 2.05) is 24.3 Å². The Balaban J connectivity index is 2.51. The van der Waals surface area contributed by atoms with Gasteiger partial charge in [0.25, 0.3) is 0 Å². The summed E-state index contributed by atoms with van der Waals surface area (Å²) >= 11 is 3.54. The van der Waals surface area contributed by atoms with E-state index in [1.54, 1.807) is 0 Å². The molecule has 0 saturated carbocycles. The van der Waals surface area contributed by atoms with Crippen molar-refractivity contribution in [3.63, 3.8) is 0 Å². The third kappa shape index (κ3) is 2.75. The summed E-state index contributed by atoms with van der Waals surface area (Å²) in [5.41, 5.74) is 8.88. The Morgan fingerprint density at radius 3 is 2.56 bits per heavy atom. The summed E-state index contributed by atoms with van der Waals surface area (Å²) in [6, 6.07) is 7.95. The number of benzene rings is 1. The second-order valence-electron chi connectivity index (χ2n) is 5.59. The number of aromatic nitrogens is 1. The highest BCUT2D eigenvalue weighted by Gasteiger charge is 2.22. The fourth-order valence-corrected chi connectivity index (χ4v) is 2.40. The molecule has 96 valence electrons. The Morgan fingerprint density at radius 1 is 1.28 bits per heavy atom. The van der Waals surface area contributed by atoms with Crippen LogP contribution in [0.5, 0.6) is 0 Å². The normalized spacial score (nSPS) is 11.8. The number of halogens is 1. The van der Waals surface area contributed by atoms with Gasteiger partial charge in [0.15, 0.2) is 0 Å². The van der Waals surface area contributed by atoms with Crippen LogP contribution in [0.15, 0.2) is 33.3 Å². The first kappa shape index (κ1) is 13.1. The van der Waals surface area contributed by atoms with Crippen LogP contribution in [-0.2, 0) is 6.42 Å². The molecule has 1 aromatic heterocycles. The van der Waals surface area contributed by atoms with E-state index in [-0.39, 0.29) is 5.41 Å². The highest BCUT2D eigenvalue weighted by molar-refractivity contribution is 9.10. The maximum absolute atomic E-state index is 5.91. The van der Waals surface area contributed by atoms with Gasteiger partial charge in [-0.25, -0.2) is 0 Å². The van der Waals surface area contributed by atoms with Crippen molar-refractivity contribution in [1.29, 1.82) is 0 Å². The van der Waals surface area contributed by atoms with Crippen LogP contribution in [0.25, 0.3) is 11.1 Å². The summed E-state index contributed by atoms with van der Waals surface area (Å²) < 4.78 is 6.15. The zero-order chi connectivity index (χ0) is 13.3. The maximum Gasteiger partial charge on any atom is 0.230 e. The summed E-state index contributed by atoms with van der Waals surface area (Å²) in [4.78, 5) is 0. The Bertz CT molecular complexity index is 555. The molecule has 0 unspecified atom stereocenters. The van der Waals surface area contributed by atoms with E-state index in [9.17, 15) is 0 Å². The van der Waals surface area contributed by atoms with Gasteiger partial charge in [-0.1, -0.05) is 60.1 Å². The lowest BCUT2D eigenvalue weighted by atomic mass is 9.88. The molecule has 0 atom stereocenters. The van der Waals surface area contributed by atoms with Crippen LogP contribution in [-0.4, -0.2) is 5.16 Å². The van der Waals surface area contributed by atoms with Crippen LogP contribution >= 0.6 is 15.9 Å². The molecule has 0 aliphatic heterocycles. The molecule has 4 heteroatoms. The molecule has 0 aliphatic rings. The van der Waals surface area contributed by atoms with Gasteiger partial charge in [-0.15, -0.1) is 0 Å². The minimum Gasteiger partial charge on any atom is -0.367 e. The van der Waals surface area contributed by atoms with Crippen LogP contribution in [0.1, 0.15) is 26.5 Å². The van der Waals surface area contributed by atoms with Crippen LogP contribution in [0, 0.1) is 5.41 Å². The lowest BCUT2D eigenvalue weighted by Crippen LogP contribution is -2.10. The molecule has 0 saturated heterocycles. The van der Waals surface area contributed by atoms with Crippen molar-refractivity contribution in [2.45, 2.75) is 27.2 Å². The van der Waals surface area contributed by atoms with Crippen molar-refractivity contribution in [2.75, 3.05) is 5.73 Å². The molecule has 2 rings (SSSR count). The lowest BCUT2D eigenvalue weighted by Gasteiger charge is -2.17. The first-order valence-electron chi connectivity index (χ1n) is 5.87. The minimum absolute atomic E-state index is 0.138. The highest BCUT2D eigenvalue weighted by atomic mass is 79.9. The Hall–Kier alpha value is -1.29. The van der Waals surface area contributed by atoms with Crippen molar-refractivity contribution in [2.24, 2.45) is 5.41 Å². The SMILES string of the molecule is CC(C)(C)Cc1noc(N)c1-c1ccccc1Br. The number of anilines is 1. The number of hydrogen-bond acceptors (Lipinski definition) is 3. The van der Waals surface area contributed by atoms with Gasteiger partial charge in [0, 0.05) is 10.0 Å². The van der Waals surface area contributed by atoms with Crippen molar-refractivity contribution < 1.29 is 4.52 Å². The Kier molecular flexibility index (Phi) is 3.48. The zero-order valence-corrected chi connectivity index (χ0v) is 12.4. The molecular formula is C14H17BrN2O. The number of nitrogens with two attached hydrogens (primary N) is 1. The second-order valence-corrected chi connectivity index (χ2v) is 6.44. The van der Waals surface area contributed by atoms with Gasteiger partial charge in [0.05, 0.1) is 11.3 Å². The quantitative estimate of drug-likeness (QED) is 0.901. The van der Waals surface area contributed by atoms with E-state index < -0.39 is 0 Å². The van der Waals surface area contributed by atoms with Gasteiger partial charge in [0.1, 0.15) is 0 Å². The second kappa shape index (κ2) is 4.76. The summed E-state index contributed by atoms with van der Waals surface area (Å²) in [5.74, 6) is 0.376. The number of nitrogen functional groups attached to an aromatic ring is 1. The van der Waals surface area contributed by atoms with Crippen molar-refractivity contribution in [3.05, 3.63) is 34.4 Å². The maximum atomic E-state index is 5.91. The molecule has 0 bridgehead atoms. The highest BCUT2D eigenvalue weighted by Crippen LogP contribution is 2.37. The molecule has 0 spiro atoms. The molecule has 0 amide bonds. The molecule has 0 aliphatic carbocycles. The van der Waals surface area contributed by atoms with E-state index >= 15 is 0 Å². The molecule has 3 nitrogen and oxygen atoms in total. The van der Waals surface area contributed by atoms with Crippen LogP contribution in [0.3, 0.4) is 0 Å². The average Bonchev–Trinajstić information content (AvgIpc) is 2.59. The molecule has 1 aromatic carbocycles. The Labute approximate surface area is 115 Å². The molecule has 18 heavy (non-hydrogen) atoms. The lowest BCUT2D eigenvalue weighted by molar-refractivity contribution is 0.377. The first-order valence-corrected chi connectivity index (χ1v) is 6.67. The fraction of sp³-hybridized carbons (Fsp3) is 0.357. The predicted octanol–water partition coefficient (Wildman–Crippen LogP) is 4.27. The smallest absolute Gasteiger partial charge is 0.230 e. The molecule has 1 heterocycles. The number of rotatable bonds is 2. The van der Waals surface area contributed by atoms with E-state index in [1.165, 1.54) is 0 Å². The van der Waals surface area contributed by atoms with E-state index in [0.717, 1.165) is 27.7 Å². The van der Waals surface area contributed by atoms with Gasteiger partial charge in [-0.05, 0) is 17.9 Å². The number of nitrogens with zero attached hydrogens (tertiary/aromatic N) is 1. The molecule has 0 radical (unpaired) electrons. The van der Waals surface area contributed by atoms with Crippen LogP contribution < -0.4 is 5.73 Å². The van der Waals surface area contributed by atoms with E-state index in [2.05, 4.69) is 41.9 Å². The topological polar surface area (TPSA) is 52.0 Å². The summed E-state index contributed by atoms with van der Waals surface area (Å²) in [7, 11) is 0. The zero-order valence-electron chi connectivity index (χ0n) is 10.8. The molecular weight excluding hydrogens is 292 g/mol. The largest absolute Gasteiger partial charge is 0.367 e. The third-order valence-corrected chi connectivity index (χ3v) is 3.32. The fourth-order valence-electron chi connectivity index (χ4n) is 1.91. The third-order valence-electron chi connectivity index (χ3n) is 2.63. The average molecular weight is 309 g/mol. The standard InChI is InChI=1S/C14H17BrN2O/c1-14(2,3)8-11-12(13(16)18-17-11)9-6-4-5-7-10(9)15/h4-7H,8,16H2,1-3H3. The van der Waals surface area contributed by atoms with Gasteiger partial charge < -0.3 is 10.3 Å². The van der Waals surface area contributed by atoms with Gasteiger partial charge >= 0.3 is 0 Å². The summed E-state index contributed by atoms with van der Waals surface area (Å²) in [5, 5.41) is 4.10. The van der Waals surface area contributed by atoms with Crippen LogP contribution in [0.4, 0.5) is 5.88 Å². The summed E-state index contributed by atoms with van der Waals surface area (Å²) in [6.07, 6.45) is 0.824. The van der Waals surface area contributed by atoms with Gasteiger partial charge in [0.2, 0.25) is 5.88 Å². The molecule has 2 aromatic rings. The van der Waals surface area contributed by atoms with E-state index in [4.69, 9.17) is 10.3 Å². The number of hydrogen-bond donors (Lipinski definition) is 1.